The average Bonchev–Trinajstić information content (AvgIpc) is 2.99. The maximum atomic E-state index is 13.2. The highest BCUT2D eigenvalue weighted by molar-refractivity contribution is 5.88. The molecular weight excluding hydrogens is 727 g/mol. The van der Waals surface area contributed by atoms with E-state index in [2.05, 4.69) is 36.1 Å². The highest BCUT2D eigenvalue weighted by Gasteiger charge is 2.90. The second-order valence-electron chi connectivity index (χ2n) is 9.30. The smallest absolute Gasteiger partial charge is 0.460 e. The molecule has 0 bridgehead atoms. The lowest BCUT2D eigenvalue weighted by Gasteiger charge is -2.39. The van der Waals surface area contributed by atoms with Crippen molar-refractivity contribution in [3.8, 4) is 0 Å². The molecular formula is C28H33F13O9. The van der Waals surface area contributed by atoms with Crippen molar-refractivity contribution in [3.05, 3.63) is 49.1 Å². The molecule has 50 heavy (non-hydrogen) atoms. The molecule has 0 amide bonds. The fourth-order valence-corrected chi connectivity index (χ4v) is 2.36. The number of ether oxygens (including phenoxy) is 3. The lowest BCUT2D eigenvalue weighted by atomic mass is 9.93. The Morgan fingerprint density at radius 1 is 0.720 bits per heavy atom. The van der Waals surface area contributed by atoms with Crippen molar-refractivity contribution in [3.63, 3.8) is 0 Å². The number of aliphatic hydroxyl groups excluding tert-OH is 1. The average molecular weight is 761 g/mol. The van der Waals surface area contributed by atoms with Gasteiger partial charge in [0, 0.05) is 23.3 Å². The molecule has 0 atom stereocenters. The van der Waals surface area contributed by atoms with Crippen LogP contribution in [0.4, 0.5) is 57.1 Å². The summed E-state index contributed by atoms with van der Waals surface area (Å²) < 4.78 is 178. The summed E-state index contributed by atoms with van der Waals surface area (Å²) in [4.78, 5) is 42.2. The first-order valence-electron chi connectivity index (χ1n) is 13.4. The van der Waals surface area contributed by atoms with E-state index in [1.165, 1.54) is 6.08 Å². The molecule has 0 radical (unpaired) electrons. The van der Waals surface area contributed by atoms with Crippen LogP contribution < -0.4 is 0 Å². The van der Waals surface area contributed by atoms with Crippen molar-refractivity contribution in [1.82, 2.24) is 0 Å². The highest BCUT2D eigenvalue weighted by Crippen LogP contribution is 2.60. The van der Waals surface area contributed by atoms with Crippen molar-refractivity contribution in [2.75, 3.05) is 26.4 Å². The van der Waals surface area contributed by atoms with E-state index in [1.807, 2.05) is 0 Å². The van der Waals surface area contributed by atoms with Crippen LogP contribution in [-0.4, -0.2) is 96.3 Å². The number of esters is 3. The van der Waals surface area contributed by atoms with Crippen LogP contribution >= 0.6 is 0 Å². The van der Waals surface area contributed by atoms with Crippen LogP contribution in [0.5, 0.6) is 0 Å². The molecule has 0 saturated carbocycles. The first kappa shape index (κ1) is 50.3. The van der Waals surface area contributed by atoms with Gasteiger partial charge in [-0.25, -0.2) is 19.2 Å². The standard InChI is InChI=1S/C11H7F13O2.C9H12O5.C8H14O2/c1-2-5(25)26-4-3-6(12,13)7(14,15)8(16,17)9(18,19)10(20,21)11(22,23)24;1-7(3-2-4-8(11)12)9(13)14-6-5-10;1-4-5-6-10-8(9)7(2)3/h2H,1,3-4H2;2,4,10H,1,3,5-6H2,(H,11,12);2,4-6H2,1,3H3. The molecule has 0 heterocycles. The molecule has 22 heteroatoms. The van der Waals surface area contributed by atoms with E-state index in [-0.39, 0.29) is 31.2 Å². The van der Waals surface area contributed by atoms with Gasteiger partial charge < -0.3 is 24.4 Å². The van der Waals surface area contributed by atoms with Crippen LogP contribution in [0.2, 0.25) is 0 Å². The lowest BCUT2D eigenvalue weighted by molar-refractivity contribution is -0.440. The number of unbranched alkanes of at least 4 members (excludes halogenated alkanes) is 1. The van der Waals surface area contributed by atoms with Crippen LogP contribution in [0.3, 0.4) is 0 Å². The Hall–Kier alpha value is -4.11. The summed E-state index contributed by atoms with van der Waals surface area (Å²) in [5, 5.41) is 16.6. The molecule has 9 nitrogen and oxygen atoms in total. The predicted molar refractivity (Wildman–Crippen MR) is 146 cm³/mol. The zero-order valence-electron chi connectivity index (χ0n) is 26.2. The Bertz CT molecular complexity index is 1200. The zero-order valence-corrected chi connectivity index (χ0v) is 26.2. The Kier molecular flexibility index (Phi) is 21.3. The summed E-state index contributed by atoms with van der Waals surface area (Å²) in [6.07, 6.45) is -5.43. The highest BCUT2D eigenvalue weighted by atomic mass is 19.4. The Labute approximate surface area is 276 Å². The normalized spacial score (nSPS) is 12.4. The Morgan fingerprint density at radius 3 is 1.60 bits per heavy atom. The second-order valence-corrected chi connectivity index (χ2v) is 9.30. The lowest BCUT2D eigenvalue weighted by Crippen LogP contribution is -2.70. The van der Waals surface area contributed by atoms with Gasteiger partial charge in [0.25, 0.3) is 0 Å². The van der Waals surface area contributed by atoms with Crippen LogP contribution in [0.1, 0.15) is 39.5 Å². The summed E-state index contributed by atoms with van der Waals surface area (Å²) in [7, 11) is 0. The summed E-state index contributed by atoms with van der Waals surface area (Å²) in [6.45, 7) is 11.7. The van der Waals surface area contributed by atoms with Gasteiger partial charge >= 0.3 is 59.7 Å². The van der Waals surface area contributed by atoms with E-state index in [0.29, 0.717) is 18.3 Å². The molecule has 0 saturated heterocycles. The van der Waals surface area contributed by atoms with Crippen molar-refractivity contribution in [1.29, 1.82) is 0 Å². The van der Waals surface area contributed by atoms with Crippen LogP contribution in [-0.2, 0) is 33.4 Å². The first-order valence-corrected chi connectivity index (χ1v) is 13.4. The van der Waals surface area contributed by atoms with E-state index in [4.69, 9.17) is 14.9 Å². The molecule has 0 aromatic rings. The van der Waals surface area contributed by atoms with Gasteiger partial charge in [0.05, 0.1) is 26.2 Å². The third-order valence-corrected chi connectivity index (χ3v) is 5.14. The Morgan fingerprint density at radius 2 is 1.20 bits per heavy atom. The van der Waals surface area contributed by atoms with Gasteiger partial charge in [-0.3, -0.25) is 0 Å². The van der Waals surface area contributed by atoms with Gasteiger partial charge in [-0.15, -0.1) is 0 Å². The maximum absolute atomic E-state index is 13.2. The largest absolute Gasteiger partial charge is 0.478 e. The molecule has 0 unspecified atom stereocenters. The number of alkyl halides is 13. The van der Waals surface area contributed by atoms with Crippen LogP contribution in [0.25, 0.3) is 0 Å². The summed E-state index contributed by atoms with van der Waals surface area (Å²) in [6, 6.07) is 0. The molecule has 0 aliphatic carbocycles. The minimum atomic E-state index is -7.94. The third kappa shape index (κ3) is 15.2. The zero-order chi connectivity index (χ0) is 40.4. The van der Waals surface area contributed by atoms with Gasteiger partial charge in [-0.2, -0.15) is 57.1 Å². The first-order chi connectivity index (χ1) is 22.5. The molecule has 0 fully saturated rings. The van der Waals surface area contributed by atoms with E-state index in [0.717, 1.165) is 18.9 Å². The van der Waals surface area contributed by atoms with Gasteiger partial charge in [0.2, 0.25) is 0 Å². The van der Waals surface area contributed by atoms with Gasteiger partial charge in [-0.05, 0) is 19.8 Å². The second kappa shape index (κ2) is 21.2. The number of carbonyl (C=O) groups excluding carboxylic acids is 3. The van der Waals surface area contributed by atoms with Crippen molar-refractivity contribution in [2.45, 2.75) is 75.3 Å². The number of carboxylic acid groups (broad SMARTS) is 1. The number of carboxylic acids is 1. The third-order valence-electron chi connectivity index (χ3n) is 5.14. The van der Waals surface area contributed by atoms with Gasteiger partial charge in [-0.1, -0.05) is 39.2 Å². The number of aliphatic carboxylic acids is 1. The van der Waals surface area contributed by atoms with E-state index in [9.17, 15) is 76.3 Å². The fourth-order valence-electron chi connectivity index (χ4n) is 2.36. The van der Waals surface area contributed by atoms with Crippen LogP contribution in [0, 0.1) is 0 Å². The van der Waals surface area contributed by atoms with Gasteiger partial charge in [0.15, 0.2) is 0 Å². The minimum Gasteiger partial charge on any atom is -0.478 e. The van der Waals surface area contributed by atoms with E-state index in [1.54, 1.807) is 6.92 Å². The van der Waals surface area contributed by atoms with Crippen LogP contribution in [0.15, 0.2) is 49.1 Å². The summed E-state index contributed by atoms with van der Waals surface area (Å²) in [5.41, 5.74) is 0.618. The molecule has 290 valence electrons. The van der Waals surface area contributed by atoms with Crippen molar-refractivity contribution in [2.24, 2.45) is 0 Å². The number of allylic oxidation sites excluding steroid dienone is 1. The number of hydrogen-bond donors (Lipinski definition) is 2. The molecule has 0 spiro atoms. The van der Waals surface area contributed by atoms with Crippen molar-refractivity contribution < 1.29 is 101 Å². The molecule has 0 aromatic heterocycles. The number of carbonyl (C=O) groups is 4. The summed E-state index contributed by atoms with van der Waals surface area (Å²) >= 11 is 0. The van der Waals surface area contributed by atoms with E-state index >= 15 is 0 Å². The minimum absolute atomic E-state index is 0.0828. The summed E-state index contributed by atoms with van der Waals surface area (Å²) in [5.74, 6) is -40.7. The number of aliphatic hydroxyl groups is 1. The number of hydrogen-bond acceptors (Lipinski definition) is 8. The predicted octanol–water partition coefficient (Wildman–Crippen LogP) is 6.86. The van der Waals surface area contributed by atoms with Gasteiger partial charge in [0.1, 0.15) is 6.61 Å². The topological polar surface area (TPSA) is 136 Å². The Balaban J connectivity index is -0.000000765. The fraction of sp³-hybridized carbons (Fsp3) is 0.571. The molecule has 0 aliphatic rings. The SMILES string of the molecule is C=C(C)C(=O)OCCCC.C=C(CC=CC(=O)O)C(=O)OCCO.C=CC(=O)OCCC(F)(F)C(F)(F)C(F)(F)C(F)(F)C(F)(F)C(F)(F)F. The quantitative estimate of drug-likeness (QED) is 0.0505. The monoisotopic (exact) mass is 760 g/mol. The molecule has 0 rings (SSSR count). The molecule has 2 N–H and O–H groups in total. The van der Waals surface area contributed by atoms with Crippen molar-refractivity contribution >= 4 is 23.9 Å². The maximum Gasteiger partial charge on any atom is 0.460 e. The molecule has 0 aromatic carbocycles. The number of rotatable bonds is 18. The van der Waals surface area contributed by atoms with E-state index < -0.39 is 66.7 Å². The number of halogens is 13. The molecule has 0 aliphatic heterocycles.